The molecule has 0 aliphatic heterocycles. The topological polar surface area (TPSA) is 59.3 Å². The van der Waals surface area contributed by atoms with Gasteiger partial charge in [0.1, 0.15) is 5.75 Å². The number of esters is 1. The molecule has 0 aliphatic rings. The van der Waals surface area contributed by atoms with Crippen molar-refractivity contribution in [1.29, 1.82) is 5.26 Å². The highest BCUT2D eigenvalue weighted by Gasteiger charge is 1.99. The summed E-state index contributed by atoms with van der Waals surface area (Å²) in [4.78, 5) is 10.9. The van der Waals surface area contributed by atoms with E-state index in [1.165, 1.54) is 12.3 Å². The molecule has 0 spiro atoms. The van der Waals surface area contributed by atoms with Gasteiger partial charge in [-0.1, -0.05) is 6.07 Å². The smallest absolute Gasteiger partial charge is 0.346 e. The predicted octanol–water partition coefficient (Wildman–Crippen LogP) is 2.04. The Labute approximate surface area is 93.7 Å². The van der Waals surface area contributed by atoms with Gasteiger partial charge in [0.2, 0.25) is 0 Å². The summed E-state index contributed by atoms with van der Waals surface area (Å²) in [5.74, 6) is 0.104. The molecular formula is C12H11NO3. The van der Waals surface area contributed by atoms with Gasteiger partial charge < -0.3 is 9.47 Å². The van der Waals surface area contributed by atoms with E-state index >= 15 is 0 Å². The lowest BCUT2D eigenvalue weighted by Gasteiger charge is -2.04. The van der Waals surface area contributed by atoms with Crippen LogP contribution < -0.4 is 4.74 Å². The predicted molar refractivity (Wildman–Crippen MR) is 58.5 cm³/mol. The first-order valence-electron chi connectivity index (χ1n) is 4.60. The molecule has 0 radical (unpaired) electrons. The Balaban J connectivity index is 2.80. The van der Waals surface area contributed by atoms with Crippen LogP contribution in [0.25, 0.3) is 6.08 Å². The normalized spacial score (nSPS) is 9.81. The third-order valence-electron chi connectivity index (χ3n) is 1.98. The molecule has 1 rings (SSSR count). The summed E-state index contributed by atoms with van der Waals surface area (Å²) in [6.07, 6.45) is 4.09. The van der Waals surface area contributed by atoms with E-state index in [-0.39, 0.29) is 0 Å². The molecule has 4 heteroatoms. The largest absolute Gasteiger partial charge is 0.496 e. The van der Waals surface area contributed by atoms with Gasteiger partial charge in [-0.25, -0.2) is 4.79 Å². The van der Waals surface area contributed by atoms with Crippen molar-refractivity contribution in [2.24, 2.45) is 0 Å². The Morgan fingerprint density at radius 3 is 2.81 bits per heavy atom. The van der Waals surface area contributed by atoms with Gasteiger partial charge in [-0.2, -0.15) is 0 Å². The van der Waals surface area contributed by atoms with Crippen molar-refractivity contribution in [3.05, 3.63) is 35.4 Å². The average Bonchev–Trinajstić information content (AvgIpc) is 2.27. The van der Waals surface area contributed by atoms with E-state index in [1.54, 1.807) is 13.2 Å². The molecule has 1 aromatic carbocycles. The summed E-state index contributed by atoms with van der Waals surface area (Å²) in [6.45, 7) is 1.91. The number of ether oxygens (including phenoxy) is 2. The zero-order valence-electron chi connectivity index (χ0n) is 9.06. The Morgan fingerprint density at radius 1 is 1.50 bits per heavy atom. The molecule has 0 saturated heterocycles. The van der Waals surface area contributed by atoms with E-state index in [1.807, 2.05) is 25.1 Å². The van der Waals surface area contributed by atoms with Gasteiger partial charge in [0.15, 0.2) is 0 Å². The maximum absolute atomic E-state index is 10.9. The number of aryl methyl sites for hydroxylation is 1. The van der Waals surface area contributed by atoms with Gasteiger partial charge in [0.05, 0.1) is 7.11 Å². The van der Waals surface area contributed by atoms with E-state index in [4.69, 9.17) is 10.00 Å². The summed E-state index contributed by atoms with van der Waals surface area (Å²) in [5, 5.41) is 8.10. The fraction of sp³-hybridized carbons (Fsp3) is 0.167. The maximum Gasteiger partial charge on any atom is 0.346 e. The first kappa shape index (κ1) is 11.8. The molecule has 82 valence electrons. The molecular weight excluding hydrogens is 206 g/mol. The van der Waals surface area contributed by atoms with E-state index in [0.717, 1.165) is 16.9 Å². The quantitative estimate of drug-likeness (QED) is 0.441. The number of hydrogen-bond acceptors (Lipinski definition) is 4. The zero-order chi connectivity index (χ0) is 12.0. The van der Waals surface area contributed by atoms with Crippen molar-refractivity contribution in [3.63, 3.8) is 0 Å². The molecule has 0 bridgehead atoms. The second-order valence-corrected chi connectivity index (χ2v) is 3.07. The van der Waals surface area contributed by atoms with E-state index in [9.17, 15) is 4.79 Å². The van der Waals surface area contributed by atoms with Crippen molar-refractivity contribution in [2.75, 3.05) is 7.11 Å². The van der Waals surface area contributed by atoms with Gasteiger partial charge in [-0.15, -0.1) is 5.26 Å². The molecule has 0 atom stereocenters. The number of nitriles is 1. The lowest BCUT2D eigenvalue weighted by molar-refractivity contribution is -0.131. The number of carbonyl (C=O) groups is 1. The minimum Gasteiger partial charge on any atom is -0.496 e. The van der Waals surface area contributed by atoms with E-state index in [0.29, 0.717) is 0 Å². The van der Waals surface area contributed by atoms with Crippen molar-refractivity contribution >= 4 is 12.0 Å². The third-order valence-corrected chi connectivity index (χ3v) is 1.98. The minimum atomic E-state index is -0.684. The zero-order valence-corrected chi connectivity index (χ0v) is 9.06. The van der Waals surface area contributed by atoms with Crippen LogP contribution in [-0.2, 0) is 9.53 Å². The van der Waals surface area contributed by atoms with Crippen molar-refractivity contribution in [3.8, 4) is 12.0 Å². The van der Waals surface area contributed by atoms with Crippen LogP contribution in [0.2, 0.25) is 0 Å². The van der Waals surface area contributed by atoms with Crippen LogP contribution in [0, 0.1) is 18.4 Å². The number of nitrogens with zero attached hydrogens (tertiary/aromatic N) is 1. The molecule has 0 unspecified atom stereocenters. The maximum atomic E-state index is 10.9. The highest BCUT2D eigenvalue weighted by molar-refractivity contribution is 5.87. The van der Waals surface area contributed by atoms with Crippen molar-refractivity contribution in [2.45, 2.75) is 6.92 Å². The van der Waals surface area contributed by atoms with Gasteiger partial charge in [0, 0.05) is 6.08 Å². The molecule has 0 aromatic heterocycles. The van der Waals surface area contributed by atoms with Gasteiger partial charge in [0.25, 0.3) is 6.26 Å². The molecule has 0 aliphatic carbocycles. The van der Waals surface area contributed by atoms with Crippen molar-refractivity contribution in [1.82, 2.24) is 0 Å². The van der Waals surface area contributed by atoms with Crippen LogP contribution in [0.15, 0.2) is 24.3 Å². The summed E-state index contributed by atoms with van der Waals surface area (Å²) in [5.41, 5.74) is 1.81. The van der Waals surface area contributed by atoms with Gasteiger partial charge in [-0.05, 0) is 36.3 Å². The lowest BCUT2D eigenvalue weighted by Crippen LogP contribution is -1.93. The van der Waals surface area contributed by atoms with Crippen LogP contribution >= 0.6 is 0 Å². The first-order valence-corrected chi connectivity index (χ1v) is 4.60. The number of rotatable bonds is 3. The summed E-state index contributed by atoms with van der Waals surface area (Å²) < 4.78 is 9.20. The summed E-state index contributed by atoms with van der Waals surface area (Å²) >= 11 is 0. The molecule has 16 heavy (non-hydrogen) atoms. The summed E-state index contributed by atoms with van der Waals surface area (Å²) in [7, 11) is 1.60. The standard InChI is InChI=1S/C12H11NO3/c1-9-7-10(3-5-11(9)15-2)4-6-12(14)16-8-13/h3-7H,1-2H3. The van der Waals surface area contributed by atoms with Crippen LogP contribution in [0.3, 0.4) is 0 Å². The van der Waals surface area contributed by atoms with Gasteiger partial charge in [-0.3, -0.25) is 0 Å². The fourth-order valence-corrected chi connectivity index (χ4v) is 1.25. The minimum absolute atomic E-state index is 0.684. The van der Waals surface area contributed by atoms with Crippen LogP contribution in [0.4, 0.5) is 0 Å². The number of methoxy groups -OCH3 is 1. The molecule has 0 saturated carbocycles. The Bertz CT molecular complexity index is 458. The Morgan fingerprint density at radius 2 is 2.25 bits per heavy atom. The molecule has 0 N–H and O–H groups in total. The first-order chi connectivity index (χ1) is 7.67. The van der Waals surface area contributed by atoms with Crippen LogP contribution in [-0.4, -0.2) is 13.1 Å². The van der Waals surface area contributed by atoms with Crippen LogP contribution in [0.5, 0.6) is 5.75 Å². The monoisotopic (exact) mass is 217 g/mol. The lowest BCUT2D eigenvalue weighted by atomic mass is 10.1. The van der Waals surface area contributed by atoms with Crippen molar-refractivity contribution < 1.29 is 14.3 Å². The SMILES string of the molecule is COc1ccc(C=CC(=O)OC#N)cc1C. The molecule has 4 nitrogen and oxygen atoms in total. The third kappa shape index (κ3) is 3.14. The average molecular weight is 217 g/mol. The van der Waals surface area contributed by atoms with E-state index < -0.39 is 5.97 Å². The fourth-order valence-electron chi connectivity index (χ4n) is 1.25. The number of benzene rings is 1. The molecule has 0 amide bonds. The second kappa shape index (κ2) is 5.56. The highest BCUT2D eigenvalue weighted by Crippen LogP contribution is 2.19. The Kier molecular flexibility index (Phi) is 4.10. The number of hydrogen-bond donors (Lipinski definition) is 0. The molecule has 0 heterocycles. The van der Waals surface area contributed by atoms with E-state index in [2.05, 4.69) is 4.74 Å². The summed E-state index contributed by atoms with van der Waals surface area (Å²) in [6, 6.07) is 5.49. The Hall–Kier alpha value is -2.28. The van der Waals surface area contributed by atoms with Crippen LogP contribution in [0.1, 0.15) is 11.1 Å². The highest BCUT2D eigenvalue weighted by atomic mass is 16.5. The molecule has 0 fully saturated rings. The molecule has 1 aromatic rings. The second-order valence-electron chi connectivity index (χ2n) is 3.07. The number of carbonyl (C=O) groups excluding carboxylic acids is 1. The van der Waals surface area contributed by atoms with Gasteiger partial charge >= 0.3 is 5.97 Å².